The smallest absolute Gasteiger partial charge is 0.226 e. The van der Waals surface area contributed by atoms with Gasteiger partial charge >= 0.3 is 0 Å². The number of halogens is 1. The number of pyridine rings is 1. The Morgan fingerprint density at radius 1 is 1.57 bits per heavy atom. The van der Waals surface area contributed by atoms with Crippen LogP contribution in [0.4, 0.5) is 0 Å². The highest BCUT2D eigenvalue weighted by molar-refractivity contribution is 5.85. The molecule has 1 N–H and O–H groups in total. The van der Waals surface area contributed by atoms with E-state index in [-0.39, 0.29) is 29.8 Å². The molecule has 1 aliphatic heterocycles. The highest BCUT2D eigenvalue weighted by Gasteiger charge is 2.54. The number of piperazine rings is 1. The third kappa shape index (κ3) is 3.06. The Labute approximate surface area is 132 Å². The number of hydrogen-bond donors (Lipinski definition) is 1. The fraction of sp³-hybridized carbons (Fsp3) is 0.625. The number of hydrogen-bond acceptors (Lipinski definition) is 3. The first kappa shape index (κ1) is 16.2. The highest BCUT2D eigenvalue weighted by atomic mass is 35.5. The number of rotatable bonds is 3. The van der Waals surface area contributed by atoms with Gasteiger partial charge in [0.15, 0.2) is 0 Å². The van der Waals surface area contributed by atoms with Crippen LogP contribution in [0.3, 0.4) is 0 Å². The molecule has 2 aliphatic rings. The first-order valence-corrected chi connectivity index (χ1v) is 7.57. The molecule has 3 atom stereocenters. The second kappa shape index (κ2) is 6.32. The molecule has 1 aliphatic carbocycles. The molecule has 2 fully saturated rings. The quantitative estimate of drug-likeness (QED) is 0.932. The number of carbonyl (C=O) groups excluding carboxylic acids is 1. The average Bonchev–Trinajstić information content (AvgIpc) is 3.20. The monoisotopic (exact) mass is 309 g/mol. The summed E-state index contributed by atoms with van der Waals surface area (Å²) in [6, 6.07) is 4.14. The predicted molar refractivity (Wildman–Crippen MR) is 85.3 cm³/mol. The molecule has 0 radical (unpaired) electrons. The molecule has 0 aromatic carbocycles. The van der Waals surface area contributed by atoms with Crippen LogP contribution in [0, 0.1) is 11.3 Å². The number of aromatic nitrogens is 1. The third-order valence-electron chi connectivity index (χ3n) is 5.05. The van der Waals surface area contributed by atoms with Crippen molar-refractivity contribution in [1.29, 1.82) is 0 Å². The summed E-state index contributed by atoms with van der Waals surface area (Å²) in [5.74, 6) is 0.564. The summed E-state index contributed by atoms with van der Waals surface area (Å²) in [5.41, 5.74) is 1.37. The lowest BCUT2D eigenvalue weighted by atomic mass is 10.0. The molecule has 21 heavy (non-hydrogen) atoms. The Morgan fingerprint density at radius 3 is 3.00 bits per heavy atom. The number of amides is 1. The van der Waals surface area contributed by atoms with E-state index >= 15 is 0 Å². The molecule has 1 aromatic heterocycles. The number of nitrogens with zero attached hydrogens (tertiary/aromatic N) is 2. The molecular weight excluding hydrogens is 286 g/mol. The highest BCUT2D eigenvalue weighted by Crippen LogP contribution is 2.55. The molecule has 1 saturated carbocycles. The van der Waals surface area contributed by atoms with Crippen molar-refractivity contribution in [3.05, 3.63) is 30.1 Å². The molecule has 2 heterocycles. The second-order valence-corrected chi connectivity index (χ2v) is 6.30. The largest absolute Gasteiger partial charge is 0.333 e. The molecule has 5 heteroatoms. The SMILES string of the molecule is CCC1(C)CC1C(=O)N1CCNCC1c1cccnc1.Cl. The lowest BCUT2D eigenvalue weighted by Crippen LogP contribution is -2.49. The summed E-state index contributed by atoms with van der Waals surface area (Å²) in [6.07, 6.45) is 5.80. The normalized spacial score (nSPS) is 31.4. The van der Waals surface area contributed by atoms with Crippen LogP contribution in [0.1, 0.15) is 38.3 Å². The van der Waals surface area contributed by atoms with E-state index in [0.29, 0.717) is 5.91 Å². The van der Waals surface area contributed by atoms with Gasteiger partial charge in [0.1, 0.15) is 0 Å². The van der Waals surface area contributed by atoms with Crippen LogP contribution in [0.25, 0.3) is 0 Å². The maximum Gasteiger partial charge on any atom is 0.226 e. The zero-order valence-corrected chi connectivity index (χ0v) is 13.5. The minimum atomic E-state index is 0. The Hall–Kier alpha value is -1.13. The van der Waals surface area contributed by atoms with Gasteiger partial charge < -0.3 is 10.2 Å². The summed E-state index contributed by atoms with van der Waals surface area (Å²) in [4.78, 5) is 19.1. The topological polar surface area (TPSA) is 45.2 Å². The zero-order chi connectivity index (χ0) is 14.2. The Morgan fingerprint density at radius 2 is 2.38 bits per heavy atom. The molecule has 4 nitrogen and oxygen atoms in total. The molecule has 1 saturated heterocycles. The van der Waals surface area contributed by atoms with Crippen molar-refractivity contribution in [3.63, 3.8) is 0 Å². The third-order valence-corrected chi connectivity index (χ3v) is 5.05. The molecule has 0 spiro atoms. The van der Waals surface area contributed by atoms with Crippen molar-refractivity contribution in [3.8, 4) is 0 Å². The van der Waals surface area contributed by atoms with Crippen LogP contribution >= 0.6 is 12.4 Å². The van der Waals surface area contributed by atoms with Gasteiger partial charge in [-0.3, -0.25) is 9.78 Å². The fourth-order valence-corrected chi connectivity index (χ4v) is 3.22. The van der Waals surface area contributed by atoms with E-state index in [2.05, 4.69) is 35.1 Å². The van der Waals surface area contributed by atoms with E-state index in [1.165, 1.54) is 0 Å². The van der Waals surface area contributed by atoms with Gasteiger partial charge in [0, 0.05) is 37.9 Å². The van der Waals surface area contributed by atoms with E-state index in [4.69, 9.17) is 0 Å². The van der Waals surface area contributed by atoms with Gasteiger partial charge in [-0.25, -0.2) is 0 Å². The van der Waals surface area contributed by atoms with Gasteiger partial charge in [-0.2, -0.15) is 0 Å². The van der Waals surface area contributed by atoms with Crippen LogP contribution in [0.15, 0.2) is 24.5 Å². The minimum Gasteiger partial charge on any atom is -0.333 e. The van der Waals surface area contributed by atoms with E-state index in [1.807, 2.05) is 12.3 Å². The lowest BCUT2D eigenvalue weighted by molar-refractivity contribution is -0.136. The van der Waals surface area contributed by atoms with Gasteiger partial charge in [0.05, 0.1) is 6.04 Å². The van der Waals surface area contributed by atoms with Crippen molar-refractivity contribution < 1.29 is 4.79 Å². The zero-order valence-electron chi connectivity index (χ0n) is 12.7. The predicted octanol–water partition coefficient (Wildman–Crippen LogP) is 2.41. The van der Waals surface area contributed by atoms with Crippen molar-refractivity contribution in [2.75, 3.05) is 19.6 Å². The number of nitrogens with one attached hydrogen (secondary N) is 1. The summed E-state index contributed by atoms with van der Waals surface area (Å²) in [7, 11) is 0. The first-order valence-electron chi connectivity index (χ1n) is 7.57. The van der Waals surface area contributed by atoms with Crippen LogP contribution in [-0.4, -0.2) is 35.4 Å². The van der Waals surface area contributed by atoms with Gasteiger partial charge in [0.25, 0.3) is 0 Å². The molecule has 3 rings (SSSR count). The van der Waals surface area contributed by atoms with Crippen molar-refractivity contribution in [2.45, 2.75) is 32.7 Å². The van der Waals surface area contributed by atoms with Crippen molar-refractivity contribution in [2.24, 2.45) is 11.3 Å². The van der Waals surface area contributed by atoms with Gasteiger partial charge in [0.2, 0.25) is 5.91 Å². The van der Waals surface area contributed by atoms with Gasteiger partial charge in [-0.05, 0) is 29.9 Å². The number of carbonyl (C=O) groups is 1. The van der Waals surface area contributed by atoms with E-state index in [1.54, 1.807) is 6.20 Å². The Balaban J connectivity index is 0.00000161. The van der Waals surface area contributed by atoms with E-state index in [0.717, 1.165) is 38.0 Å². The summed E-state index contributed by atoms with van der Waals surface area (Å²) in [5, 5.41) is 3.39. The molecule has 1 amide bonds. The van der Waals surface area contributed by atoms with Gasteiger partial charge in [-0.15, -0.1) is 12.4 Å². The first-order chi connectivity index (χ1) is 9.65. The second-order valence-electron chi connectivity index (χ2n) is 6.30. The fourth-order valence-electron chi connectivity index (χ4n) is 3.22. The molecule has 116 valence electrons. The summed E-state index contributed by atoms with van der Waals surface area (Å²) in [6.45, 7) is 6.93. The van der Waals surface area contributed by atoms with Crippen LogP contribution in [0.2, 0.25) is 0 Å². The molecule has 0 bridgehead atoms. The molecule has 1 aromatic rings. The van der Waals surface area contributed by atoms with Crippen LogP contribution < -0.4 is 5.32 Å². The Bertz CT molecular complexity index is 496. The molecular formula is C16H24ClN3O. The standard InChI is InChI=1S/C16H23N3O.ClH/c1-3-16(2)9-13(16)15(20)19-8-7-18-11-14(19)12-5-4-6-17-10-12;/h4-6,10,13-14,18H,3,7-9,11H2,1-2H3;1H. The summed E-state index contributed by atoms with van der Waals surface area (Å²) < 4.78 is 0. The van der Waals surface area contributed by atoms with Crippen molar-refractivity contribution >= 4 is 18.3 Å². The molecule has 3 unspecified atom stereocenters. The van der Waals surface area contributed by atoms with Crippen molar-refractivity contribution in [1.82, 2.24) is 15.2 Å². The lowest BCUT2D eigenvalue weighted by Gasteiger charge is -2.37. The van der Waals surface area contributed by atoms with Crippen LogP contribution in [0.5, 0.6) is 0 Å². The minimum absolute atomic E-state index is 0. The maximum absolute atomic E-state index is 12.8. The van der Waals surface area contributed by atoms with E-state index in [9.17, 15) is 4.79 Å². The maximum atomic E-state index is 12.8. The summed E-state index contributed by atoms with van der Waals surface area (Å²) >= 11 is 0. The average molecular weight is 310 g/mol. The van der Waals surface area contributed by atoms with E-state index < -0.39 is 0 Å². The Kier molecular flexibility index (Phi) is 4.89. The van der Waals surface area contributed by atoms with Crippen LogP contribution in [-0.2, 0) is 4.79 Å². The van der Waals surface area contributed by atoms with Gasteiger partial charge in [-0.1, -0.05) is 19.9 Å².